The lowest BCUT2D eigenvalue weighted by molar-refractivity contribution is -0.137. The van der Waals surface area contributed by atoms with Gasteiger partial charge in [-0.3, -0.25) is 13.8 Å². The number of nitrogens with zero attached hydrogens (tertiary/aromatic N) is 1. The Bertz CT molecular complexity index is 1820. The highest BCUT2D eigenvalue weighted by atomic mass is 35.5. The average molecular weight is 638 g/mol. The average Bonchev–Trinajstić information content (AvgIpc) is 2.92. The van der Waals surface area contributed by atoms with Crippen LogP contribution in [0.1, 0.15) is 21.5 Å². The molecule has 4 aromatic rings. The molecule has 0 spiro atoms. The van der Waals surface area contributed by atoms with Crippen molar-refractivity contribution >= 4 is 54.6 Å². The van der Waals surface area contributed by atoms with E-state index >= 15 is 0 Å². The van der Waals surface area contributed by atoms with Crippen LogP contribution in [0.15, 0.2) is 102 Å². The molecule has 4 aromatic carbocycles. The quantitative estimate of drug-likeness (QED) is 0.221. The van der Waals surface area contributed by atoms with Crippen molar-refractivity contribution in [3.05, 3.63) is 119 Å². The second-order valence-electron chi connectivity index (χ2n) is 9.07. The van der Waals surface area contributed by atoms with Crippen molar-refractivity contribution < 1.29 is 34.8 Å². The maximum Gasteiger partial charge on any atom is 0.416 e. The van der Waals surface area contributed by atoms with Crippen molar-refractivity contribution in [2.24, 2.45) is 0 Å². The highest BCUT2D eigenvalue weighted by Crippen LogP contribution is 2.31. The van der Waals surface area contributed by atoms with Crippen molar-refractivity contribution in [3.8, 4) is 0 Å². The zero-order chi connectivity index (χ0) is 30.7. The summed E-state index contributed by atoms with van der Waals surface area (Å²) in [6.07, 6.45) is -3.57. The molecule has 2 N–H and O–H groups in total. The van der Waals surface area contributed by atoms with Gasteiger partial charge in [0.1, 0.15) is 0 Å². The van der Waals surface area contributed by atoms with Crippen molar-refractivity contribution in [2.75, 3.05) is 20.6 Å². The zero-order valence-electron chi connectivity index (χ0n) is 21.8. The predicted molar refractivity (Wildman–Crippen MR) is 156 cm³/mol. The molecule has 220 valence electrons. The fourth-order valence-electron chi connectivity index (χ4n) is 3.85. The number of amides is 1. The molecule has 0 saturated heterocycles. The van der Waals surface area contributed by atoms with Crippen LogP contribution in [0.25, 0.3) is 0 Å². The van der Waals surface area contributed by atoms with Gasteiger partial charge < -0.3 is 5.32 Å². The van der Waals surface area contributed by atoms with E-state index in [1.54, 1.807) is 24.3 Å². The lowest BCUT2D eigenvalue weighted by Crippen LogP contribution is -2.29. The highest BCUT2D eigenvalue weighted by molar-refractivity contribution is 7.92. The van der Waals surface area contributed by atoms with Gasteiger partial charge in [0.05, 0.1) is 28.9 Å². The molecule has 1 amide bonds. The lowest BCUT2D eigenvalue weighted by Gasteiger charge is -2.23. The SMILES string of the molecule is CS(=O)(=O)N(Cc1ccccc1Cl)c1ccc(C(=O)Nc2ccc(S(=O)(=O)Nc3cccc(C(F)(F)F)c3)cc2)cc1. The number of benzene rings is 4. The molecule has 0 atom stereocenters. The van der Waals surface area contributed by atoms with Crippen molar-refractivity contribution in [1.82, 2.24) is 0 Å². The Labute approximate surface area is 245 Å². The summed E-state index contributed by atoms with van der Waals surface area (Å²) in [5.74, 6) is -0.545. The van der Waals surface area contributed by atoms with Crippen LogP contribution in [0.5, 0.6) is 0 Å². The maximum atomic E-state index is 12.9. The molecule has 0 heterocycles. The van der Waals surface area contributed by atoms with Gasteiger partial charge in [-0.25, -0.2) is 16.8 Å². The second-order valence-corrected chi connectivity index (χ2v) is 13.1. The Morgan fingerprint density at radius 3 is 2.07 bits per heavy atom. The smallest absolute Gasteiger partial charge is 0.322 e. The summed E-state index contributed by atoms with van der Waals surface area (Å²) in [4.78, 5) is 12.5. The number of carbonyl (C=O) groups excluding carboxylic acids is 1. The number of hydrogen-bond acceptors (Lipinski definition) is 5. The molecule has 0 fully saturated rings. The molecule has 14 heteroatoms. The first-order valence-corrected chi connectivity index (χ1v) is 15.8. The third-order valence-corrected chi connectivity index (χ3v) is 8.86. The number of rotatable bonds is 9. The number of anilines is 3. The van der Waals surface area contributed by atoms with Gasteiger partial charge in [-0.2, -0.15) is 13.2 Å². The monoisotopic (exact) mass is 637 g/mol. The van der Waals surface area contributed by atoms with Crippen molar-refractivity contribution in [3.63, 3.8) is 0 Å². The first kappa shape index (κ1) is 30.9. The molecule has 0 bridgehead atoms. The molecular weight excluding hydrogens is 615 g/mol. The third-order valence-electron chi connectivity index (χ3n) is 5.95. The Hall–Kier alpha value is -4.07. The van der Waals surface area contributed by atoms with Crippen LogP contribution in [0.3, 0.4) is 0 Å². The van der Waals surface area contributed by atoms with E-state index in [1.165, 1.54) is 54.6 Å². The van der Waals surface area contributed by atoms with Crippen LogP contribution in [0, 0.1) is 0 Å². The van der Waals surface area contributed by atoms with Gasteiger partial charge in [-0.15, -0.1) is 0 Å². The van der Waals surface area contributed by atoms with Crippen molar-refractivity contribution in [2.45, 2.75) is 17.6 Å². The molecule has 4 rings (SSSR count). The molecule has 0 aliphatic rings. The van der Waals surface area contributed by atoms with Gasteiger partial charge >= 0.3 is 6.18 Å². The molecule has 0 saturated carbocycles. The summed E-state index contributed by atoms with van der Waals surface area (Å²) < 4.78 is 92.4. The summed E-state index contributed by atoms with van der Waals surface area (Å²) in [5.41, 5.74) is 0.107. The van der Waals surface area contributed by atoms with Crippen molar-refractivity contribution in [1.29, 1.82) is 0 Å². The van der Waals surface area contributed by atoms with Gasteiger partial charge in [0.25, 0.3) is 15.9 Å². The Morgan fingerprint density at radius 2 is 1.48 bits per heavy atom. The largest absolute Gasteiger partial charge is 0.416 e. The molecule has 0 aliphatic heterocycles. The Balaban J connectivity index is 1.45. The van der Waals surface area contributed by atoms with E-state index in [0.717, 1.165) is 22.7 Å². The standard InChI is InChI=1S/C28H23ClF3N3O5S2/c1-41(37,38)35(18-20-5-2-3-8-26(20)29)24-13-9-19(10-14-24)27(36)33-22-11-15-25(16-12-22)42(39,40)34-23-7-4-6-21(17-23)28(30,31)32/h2-17,34H,18H2,1H3,(H,33,36). The van der Waals surface area contributed by atoms with E-state index in [0.29, 0.717) is 22.3 Å². The molecule has 0 unspecified atom stereocenters. The normalized spacial score (nSPS) is 12.0. The van der Waals surface area contributed by atoms with Crippen LogP contribution >= 0.6 is 11.6 Å². The van der Waals surface area contributed by atoms with Gasteiger partial charge in [0.2, 0.25) is 10.0 Å². The zero-order valence-corrected chi connectivity index (χ0v) is 24.2. The summed E-state index contributed by atoms with van der Waals surface area (Å²) >= 11 is 6.19. The van der Waals surface area contributed by atoms with Crippen LogP contribution in [-0.4, -0.2) is 29.0 Å². The number of hydrogen-bond donors (Lipinski definition) is 2. The topological polar surface area (TPSA) is 113 Å². The molecular formula is C28H23ClF3N3O5S2. The molecule has 0 radical (unpaired) electrons. The first-order chi connectivity index (χ1) is 19.6. The maximum absolute atomic E-state index is 12.9. The van der Waals surface area contributed by atoms with E-state index in [1.807, 2.05) is 0 Å². The summed E-state index contributed by atoms with van der Waals surface area (Å²) in [7, 11) is -7.91. The van der Waals surface area contributed by atoms with Gasteiger partial charge in [0.15, 0.2) is 0 Å². The Kier molecular flexibility index (Phi) is 8.85. The molecule has 42 heavy (non-hydrogen) atoms. The molecule has 8 nitrogen and oxygen atoms in total. The van der Waals surface area contributed by atoms with E-state index in [-0.39, 0.29) is 28.4 Å². The highest BCUT2D eigenvalue weighted by Gasteiger charge is 2.30. The van der Waals surface area contributed by atoms with E-state index in [9.17, 15) is 34.8 Å². The van der Waals surface area contributed by atoms with Crippen LogP contribution < -0.4 is 14.3 Å². The number of halogens is 4. The predicted octanol–water partition coefficient (Wildman–Crippen LogP) is 6.38. The van der Waals surface area contributed by atoms with E-state index in [4.69, 9.17) is 11.6 Å². The second kappa shape index (κ2) is 12.0. The minimum absolute atomic E-state index is 0.0120. The van der Waals surface area contributed by atoms with Gasteiger partial charge in [-0.05, 0) is 78.4 Å². The first-order valence-electron chi connectivity index (χ1n) is 12.1. The van der Waals surface area contributed by atoms with Gasteiger partial charge in [0, 0.05) is 22.0 Å². The summed E-state index contributed by atoms with van der Waals surface area (Å²) in [6.45, 7) is -0.0120. The van der Waals surface area contributed by atoms with E-state index < -0.39 is 37.7 Å². The lowest BCUT2D eigenvalue weighted by atomic mass is 10.1. The number of nitrogens with one attached hydrogen (secondary N) is 2. The summed E-state index contributed by atoms with van der Waals surface area (Å²) in [6, 6.07) is 21.5. The molecule has 0 aliphatic carbocycles. The number of carbonyl (C=O) groups is 1. The fraction of sp³-hybridized carbons (Fsp3) is 0.107. The van der Waals surface area contributed by atoms with Gasteiger partial charge in [-0.1, -0.05) is 35.9 Å². The third kappa shape index (κ3) is 7.60. The minimum atomic E-state index is -4.63. The minimum Gasteiger partial charge on any atom is -0.322 e. The summed E-state index contributed by atoms with van der Waals surface area (Å²) in [5, 5.41) is 3.02. The number of sulfonamides is 2. The van der Waals surface area contributed by atoms with Crippen LogP contribution in [0.4, 0.5) is 30.2 Å². The van der Waals surface area contributed by atoms with Crippen LogP contribution in [-0.2, 0) is 32.8 Å². The Morgan fingerprint density at radius 1 is 0.833 bits per heavy atom. The van der Waals surface area contributed by atoms with E-state index in [2.05, 4.69) is 10.0 Å². The van der Waals surface area contributed by atoms with Crippen LogP contribution in [0.2, 0.25) is 5.02 Å². The number of alkyl halides is 3. The fourth-order valence-corrected chi connectivity index (χ4v) is 5.98. The molecule has 0 aromatic heterocycles.